The second-order valence-corrected chi connectivity index (χ2v) is 8.08. The standard InChI is InChI=1S/C15H22N2O4S/c1-16(2)22(20,21)17-10-8-15(9-11-17,14(18)19)12-13-6-4-3-5-7-13/h3-7H,8-12H2,1-2H3,(H,18,19). The van der Waals surface area contributed by atoms with Gasteiger partial charge in [0.15, 0.2) is 0 Å². The fourth-order valence-corrected chi connectivity index (χ4v) is 3.93. The van der Waals surface area contributed by atoms with Gasteiger partial charge in [0, 0.05) is 27.2 Å². The van der Waals surface area contributed by atoms with Crippen LogP contribution in [-0.4, -0.2) is 55.3 Å². The van der Waals surface area contributed by atoms with E-state index in [0.29, 0.717) is 19.3 Å². The van der Waals surface area contributed by atoms with Crippen LogP contribution in [0.4, 0.5) is 0 Å². The van der Waals surface area contributed by atoms with Crippen LogP contribution in [0, 0.1) is 5.41 Å². The van der Waals surface area contributed by atoms with Gasteiger partial charge in [0.25, 0.3) is 10.2 Å². The number of piperidine rings is 1. The van der Waals surface area contributed by atoms with E-state index >= 15 is 0 Å². The highest BCUT2D eigenvalue weighted by atomic mass is 32.2. The van der Waals surface area contributed by atoms with E-state index in [4.69, 9.17) is 0 Å². The van der Waals surface area contributed by atoms with E-state index < -0.39 is 21.6 Å². The number of benzene rings is 1. The van der Waals surface area contributed by atoms with E-state index in [2.05, 4.69) is 0 Å². The summed E-state index contributed by atoms with van der Waals surface area (Å²) in [7, 11) is -0.506. The van der Waals surface area contributed by atoms with Crippen LogP contribution in [0.5, 0.6) is 0 Å². The number of hydrogen-bond donors (Lipinski definition) is 1. The van der Waals surface area contributed by atoms with Crippen molar-refractivity contribution in [3.8, 4) is 0 Å². The molecule has 7 heteroatoms. The van der Waals surface area contributed by atoms with Crippen LogP contribution in [0.15, 0.2) is 30.3 Å². The van der Waals surface area contributed by atoms with Crippen LogP contribution in [0.3, 0.4) is 0 Å². The Balaban J connectivity index is 2.15. The molecule has 0 spiro atoms. The monoisotopic (exact) mass is 326 g/mol. The Morgan fingerprint density at radius 1 is 1.23 bits per heavy atom. The average molecular weight is 326 g/mol. The molecule has 1 heterocycles. The molecule has 22 heavy (non-hydrogen) atoms. The molecule has 1 aliphatic heterocycles. The summed E-state index contributed by atoms with van der Waals surface area (Å²) < 4.78 is 26.8. The minimum atomic E-state index is -3.47. The van der Waals surface area contributed by atoms with Gasteiger partial charge in [-0.25, -0.2) is 0 Å². The maximum atomic E-state index is 12.1. The molecular formula is C15H22N2O4S. The Morgan fingerprint density at radius 2 is 1.77 bits per heavy atom. The van der Waals surface area contributed by atoms with Gasteiger partial charge in [0.2, 0.25) is 0 Å². The van der Waals surface area contributed by atoms with Crippen LogP contribution >= 0.6 is 0 Å². The van der Waals surface area contributed by atoms with E-state index in [0.717, 1.165) is 9.87 Å². The van der Waals surface area contributed by atoms with E-state index in [1.165, 1.54) is 18.4 Å². The Kier molecular flexibility index (Phi) is 4.89. The van der Waals surface area contributed by atoms with Gasteiger partial charge >= 0.3 is 5.97 Å². The van der Waals surface area contributed by atoms with Crippen molar-refractivity contribution in [3.05, 3.63) is 35.9 Å². The molecule has 1 aromatic carbocycles. The number of carboxylic acid groups (broad SMARTS) is 1. The van der Waals surface area contributed by atoms with Gasteiger partial charge in [-0.3, -0.25) is 4.79 Å². The fourth-order valence-electron chi connectivity index (χ4n) is 2.83. The average Bonchev–Trinajstić information content (AvgIpc) is 2.48. The smallest absolute Gasteiger partial charge is 0.310 e. The minimum Gasteiger partial charge on any atom is -0.481 e. The molecule has 0 radical (unpaired) electrons. The lowest BCUT2D eigenvalue weighted by Gasteiger charge is -2.39. The molecule has 122 valence electrons. The molecule has 2 rings (SSSR count). The SMILES string of the molecule is CN(C)S(=O)(=O)N1CCC(Cc2ccccc2)(C(=O)O)CC1. The van der Waals surface area contributed by atoms with Gasteiger partial charge in [0.05, 0.1) is 5.41 Å². The van der Waals surface area contributed by atoms with E-state index in [1.807, 2.05) is 30.3 Å². The maximum Gasteiger partial charge on any atom is 0.310 e. The lowest BCUT2D eigenvalue weighted by atomic mass is 9.74. The Hall–Kier alpha value is -1.44. The number of hydrogen-bond acceptors (Lipinski definition) is 3. The van der Waals surface area contributed by atoms with Crippen molar-refractivity contribution >= 4 is 16.2 Å². The molecular weight excluding hydrogens is 304 g/mol. The maximum absolute atomic E-state index is 12.1. The van der Waals surface area contributed by atoms with E-state index in [9.17, 15) is 18.3 Å². The quantitative estimate of drug-likeness (QED) is 0.882. The first-order valence-corrected chi connectivity index (χ1v) is 8.62. The zero-order chi connectivity index (χ0) is 16.4. The summed E-state index contributed by atoms with van der Waals surface area (Å²) in [4.78, 5) is 11.8. The summed E-state index contributed by atoms with van der Waals surface area (Å²) in [5.74, 6) is -0.849. The Labute approximate surface area is 131 Å². The van der Waals surface area contributed by atoms with Gasteiger partial charge < -0.3 is 5.11 Å². The van der Waals surface area contributed by atoms with Gasteiger partial charge in [-0.15, -0.1) is 0 Å². The molecule has 1 fully saturated rings. The predicted molar refractivity (Wildman–Crippen MR) is 83.6 cm³/mol. The van der Waals surface area contributed by atoms with Crippen molar-refractivity contribution in [2.24, 2.45) is 5.41 Å². The normalized spacial score (nSPS) is 19.2. The summed E-state index contributed by atoms with van der Waals surface area (Å²) in [6, 6.07) is 9.48. The van der Waals surface area contributed by atoms with Crippen molar-refractivity contribution in [2.75, 3.05) is 27.2 Å². The molecule has 0 saturated carbocycles. The predicted octanol–water partition coefficient (Wildman–Crippen LogP) is 1.20. The van der Waals surface area contributed by atoms with Crippen molar-refractivity contribution in [1.29, 1.82) is 0 Å². The van der Waals surface area contributed by atoms with E-state index in [1.54, 1.807) is 0 Å². The van der Waals surface area contributed by atoms with Crippen LogP contribution < -0.4 is 0 Å². The van der Waals surface area contributed by atoms with Crippen molar-refractivity contribution in [2.45, 2.75) is 19.3 Å². The number of rotatable bonds is 5. The molecule has 0 aromatic heterocycles. The van der Waals surface area contributed by atoms with Crippen LogP contribution in [0.1, 0.15) is 18.4 Å². The molecule has 1 saturated heterocycles. The third-order valence-electron chi connectivity index (χ3n) is 4.31. The first kappa shape index (κ1) is 16.9. The molecule has 6 nitrogen and oxygen atoms in total. The van der Waals surface area contributed by atoms with Crippen LogP contribution in [-0.2, 0) is 21.4 Å². The van der Waals surface area contributed by atoms with Crippen LogP contribution in [0.2, 0.25) is 0 Å². The third-order valence-corrected chi connectivity index (χ3v) is 6.25. The Bertz CT molecular complexity index is 620. The second-order valence-electron chi connectivity index (χ2n) is 5.94. The summed E-state index contributed by atoms with van der Waals surface area (Å²) in [5, 5.41) is 9.67. The van der Waals surface area contributed by atoms with Crippen molar-refractivity contribution in [1.82, 2.24) is 8.61 Å². The van der Waals surface area contributed by atoms with Crippen molar-refractivity contribution < 1.29 is 18.3 Å². The molecule has 1 N–H and O–H groups in total. The first-order chi connectivity index (χ1) is 10.3. The van der Waals surface area contributed by atoms with Gasteiger partial charge in [-0.2, -0.15) is 17.0 Å². The zero-order valence-electron chi connectivity index (χ0n) is 12.9. The number of carboxylic acids is 1. The first-order valence-electron chi connectivity index (χ1n) is 7.23. The topological polar surface area (TPSA) is 77.9 Å². The molecule has 0 amide bonds. The number of aliphatic carboxylic acids is 1. The summed E-state index contributed by atoms with van der Waals surface area (Å²) in [6.07, 6.45) is 1.08. The highest BCUT2D eigenvalue weighted by Crippen LogP contribution is 2.36. The molecule has 0 unspecified atom stereocenters. The molecule has 1 aromatic rings. The highest BCUT2D eigenvalue weighted by Gasteiger charge is 2.44. The van der Waals surface area contributed by atoms with Gasteiger partial charge in [0.1, 0.15) is 0 Å². The fraction of sp³-hybridized carbons (Fsp3) is 0.533. The summed E-state index contributed by atoms with van der Waals surface area (Å²) in [6.45, 7) is 0.472. The number of carbonyl (C=O) groups is 1. The molecule has 1 aliphatic rings. The zero-order valence-corrected chi connectivity index (χ0v) is 13.7. The molecule has 0 atom stereocenters. The third kappa shape index (κ3) is 3.31. The molecule has 0 aliphatic carbocycles. The van der Waals surface area contributed by atoms with E-state index in [-0.39, 0.29) is 13.1 Å². The summed E-state index contributed by atoms with van der Waals surface area (Å²) >= 11 is 0. The molecule has 0 bridgehead atoms. The van der Waals surface area contributed by atoms with Gasteiger partial charge in [-0.1, -0.05) is 30.3 Å². The van der Waals surface area contributed by atoms with Crippen molar-refractivity contribution in [3.63, 3.8) is 0 Å². The Morgan fingerprint density at radius 3 is 2.23 bits per heavy atom. The van der Waals surface area contributed by atoms with Gasteiger partial charge in [-0.05, 0) is 24.8 Å². The largest absolute Gasteiger partial charge is 0.481 e. The summed E-state index contributed by atoms with van der Waals surface area (Å²) in [5.41, 5.74) is 0.0773. The lowest BCUT2D eigenvalue weighted by molar-refractivity contribution is -0.151. The lowest BCUT2D eigenvalue weighted by Crippen LogP contribution is -2.50. The second kappa shape index (κ2) is 6.36. The van der Waals surface area contributed by atoms with Crippen LogP contribution in [0.25, 0.3) is 0 Å². The number of nitrogens with zero attached hydrogens (tertiary/aromatic N) is 2. The minimum absolute atomic E-state index is 0.236. The highest BCUT2D eigenvalue weighted by molar-refractivity contribution is 7.86.